The van der Waals surface area contributed by atoms with Gasteiger partial charge in [-0.1, -0.05) is 29.3 Å². The van der Waals surface area contributed by atoms with Crippen LogP contribution in [0.3, 0.4) is 0 Å². The molecule has 0 fully saturated rings. The Morgan fingerprint density at radius 3 is 2.52 bits per heavy atom. The Morgan fingerprint density at radius 2 is 1.90 bits per heavy atom. The molecule has 0 amide bonds. The molecule has 0 aliphatic heterocycles. The minimum atomic E-state index is -1.24. The zero-order chi connectivity index (χ0) is 15.4. The molecule has 6 heteroatoms. The first-order valence-corrected chi connectivity index (χ1v) is 8.32. The number of ether oxygens (including phenoxy) is 1. The molecule has 0 heterocycles. The minimum Gasteiger partial charge on any atom is -0.496 e. The molecule has 0 spiro atoms. The monoisotopic (exact) mass is 343 g/mol. The molecule has 112 valence electrons. The fraction of sp³-hybridized carbons (Fsp3) is 0.200. The molecule has 2 rings (SSSR count). The summed E-state index contributed by atoms with van der Waals surface area (Å²) in [6.07, 6.45) is 0. The molecular weight excluding hydrogens is 329 g/mol. The van der Waals surface area contributed by atoms with E-state index in [9.17, 15) is 4.21 Å². The van der Waals surface area contributed by atoms with Gasteiger partial charge in [-0.25, -0.2) is 0 Å². The molecule has 1 atom stereocenters. The van der Waals surface area contributed by atoms with E-state index in [-0.39, 0.29) is 0 Å². The van der Waals surface area contributed by atoms with Gasteiger partial charge in [-0.15, -0.1) is 0 Å². The maximum absolute atomic E-state index is 12.5. The normalized spacial score (nSPS) is 12.2. The summed E-state index contributed by atoms with van der Waals surface area (Å²) in [6, 6.07) is 10.6. The molecule has 0 saturated heterocycles. The second kappa shape index (κ2) is 7.27. The average Bonchev–Trinajstić information content (AvgIpc) is 2.49. The van der Waals surface area contributed by atoms with Crippen LogP contribution in [0.25, 0.3) is 0 Å². The molecule has 1 unspecified atom stereocenters. The smallest absolute Gasteiger partial charge is 0.123 e. The third kappa shape index (κ3) is 3.98. The van der Waals surface area contributed by atoms with E-state index >= 15 is 0 Å². The summed E-state index contributed by atoms with van der Waals surface area (Å²) in [5.74, 6) is 1.02. The van der Waals surface area contributed by atoms with Crippen LogP contribution in [0.4, 0.5) is 0 Å². The Labute approximate surface area is 136 Å². The number of hydrogen-bond donors (Lipinski definition) is 1. The number of rotatable bonds is 5. The largest absolute Gasteiger partial charge is 0.496 e. The van der Waals surface area contributed by atoms with E-state index in [0.717, 1.165) is 11.1 Å². The highest BCUT2D eigenvalue weighted by Crippen LogP contribution is 2.27. The molecule has 0 radical (unpaired) electrons. The van der Waals surface area contributed by atoms with Crippen LogP contribution < -0.4 is 10.5 Å². The standard InChI is InChI=1S/C15H15Cl2NO2S/c1-20-15-5-2-10(8-18)6-11(15)9-21(19)12-3-4-13(16)14(17)7-12/h2-7H,8-9,18H2,1H3. The molecule has 2 aromatic rings. The average molecular weight is 344 g/mol. The Balaban J connectivity index is 2.28. The summed E-state index contributed by atoms with van der Waals surface area (Å²) in [4.78, 5) is 0.629. The second-order valence-electron chi connectivity index (χ2n) is 4.42. The quantitative estimate of drug-likeness (QED) is 0.898. The van der Waals surface area contributed by atoms with Crippen LogP contribution in [0, 0.1) is 0 Å². The number of nitrogens with two attached hydrogens (primary N) is 1. The number of halogens is 2. The van der Waals surface area contributed by atoms with E-state index in [1.54, 1.807) is 25.3 Å². The van der Waals surface area contributed by atoms with Crippen LogP contribution in [-0.2, 0) is 23.1 Å². The summed E-state index contributed by atoms with van der Waals surface area (Å²) < 4.78 is 17.8. The highest BCUT2D eigenvalue weighted by Gasteiger charge is 2.11. The van der Waals surface area contributed by atoms with E-state index in [1.807, 2.05) is 18.2 Å². The van der Waals surface area contributed by atoms with Crippen LogP contribution in [-0.4, -0.2) is 11.3 Å². The Morgan fingerprint density at radius 1 is 1.14 bits per heavy atom. The third-order valence-electron chi connectivity index (χ3n) is 3.02. The van der Waals surface area contributed by atoms with Gasteiger partial charge >= 0.3 is 0 Å². The molecule has 0 aliphatic carbocycles. The molecular formula is C15H15Cl2NO2S. The maximum atomic E-state index is 12.5. The van der Waals surface area contributed by atoms with Crippen molar-refractivity contribution < 1.29 is 8.95 Å². The van der Waals surface area contributed by atoms with Gasteiger partial charge in [-0.3, -0.25) is 4.21 Å². The second-order valence-corrected chi connectivity index (χ2v) is 6.68. The van der Waals surface area contributed by atoms with Crippen molar-refractivity contribution in [2.24, 2.45) is 5.73 Å². The van der Waals surface area contributed by atoms with Crippen molar-refractivity contribution in [3.05, 3.63) is 57.6 Å². The van der Waals surface area contributed by atoms with Gasteiger partial charge in [0, 0.05) is 17.0 Å². The maximum Gasteiger partial charge on any atom is 0.123 e. The van der Waals surface area contributed by atoms with Gasteiger partial charge in [0.2, 0.25) is 0 Å². The predicted octanol–water partition coefficient (Wildman–Crippen LogP) is 3.77. The van der Waals surface area contributed by atoms with E-state index < -0.39 is 10.8 Å². The summed E-state index contributed by atoms with van der Waals surface area (Å²) >= 11 is 11.8. The molecule has 0 bridgehead atoms. The Bertz CT molecular complexity index is 677. The van der Waals surface area contributed by atoms with Crippen molar-refractivity contribution in [1.82, 2.24) is 0 Å². The molecule has 0 aromatic heterocycles. The van der Waals surface area contributed by atoms with Gasteiger partial charge < -0.3 is 10.5 Å². The molecule has 0 aliphatic rings. The fourth-order valence-electron chi connectivity index (χ4n) is 1.91. The fourth-order valence-corrected chi connectivity index (χ4v) is 3.42. The van der Waals surface area contributed by atoms with Crippen LogP contribution in [0.2, 0.25) is 10.0 Å². The van der Waals surface area contributed by atoms with E-state index in [0.29, 0.717) is 33.0 Å². The van der Waals surface area contributed by atoms with Crippen molar-refractivity contribution >= 4 is 34.0 Å². The number of hydrogen-bond acceptors (Lipinski definition) is 3. The molecule has 0 saturated carbocycles. The van der Waals surface area contributed by atoms with E-state index in [2.05, 4.69) is 0 Å². The van der Waals surface area contributed by atoms with Crippen LogP contribution >= 0.6 is 23.2 Å². The van der Waals surface area contributed by atoms with E-state index in [4.69, 9.17) is 33.7 Å². The highest BCUT2D eigenvalue weighted by molar-refractivity contribution is 7.84. The summed E-state index contributed by atoms with van der Waals surface area (Å²) in [5.41, 5.74) is 7.46. The molecule has 21 heavy (non-hydrogen) atoms. The minimum absolute atomic E-state index is 0.328. The van der Waals surface area contributed by atoms with Crippen molar-refractivity contribution in [3.63, 3.8) is 0 Å². The van der Waals surface area contributed by atoms with Gasteiger partial charge in [-0.2, -0.15) is 0 Å². The predicted molar refractivity (Wildman–Crippen MR) is 87.5 cm³/mol. The lowest BCUT2D eigenvalue weighted by molar-refractivity contribution is 0.411. The topological polar surface area (TPSA) is 52.3 Å². The first kappa shape index (κ1) is 16.3. The van der Waals surface area contributed by atoms with Gasteiger partial charge in [-0.05, 0) is 35.9 Å². The summed E-state index contributed by atoms with van der Waals surface area (Å²) in [5, 5.41) is 0.838. The first-order chi connectivity index (χ1) is 10.0. The third-order valence-corrected chi connectivity index (χ3v) is 5.11. The number of methoxy groups -OCH3 is 1. The van der Waals surface area contributed by atoms with Gasteiger partial charge in [0.25, 0.3) is 0 Å². The van der Waals surface area contributed by atoms with Gasteiger partial charge in [0.05, 0.1) is 33.7 Å². The summed E-state index contributed by atoms with van der Waals surface area (Å²) in [7, 11) is 0.347. The van der Waals surface area contributed by atoms with Crippen molar-refractivity contribution in [2.45, 2.75) is 17.2 Å². The van der Waals surface area contributed by atoms with Gasteiger partial charge in [0.1, 0.15) is 5.75 Å². The molecule has 2 N–H and O–H groups in total. The van der Waals surface area contributed by atoms with Crippen LogP contribution in [0.15, 0.2) is 41.3 Å². The van der Waals surface area contributed by atoms with Gasteiger partial charge in [0.15, 0.2) is 0 Å². The molecule has 2 aromatic carbocycles. The van der Waals surface area contributed by atoms with Crippen LogP contribution in [0.1, 0.15) is 11.1 Å². The first-order valence-electron chi connectivity index (χ1n) is 6.24. The lowest BCUT2D eigenvalue weighted by Gasteiger charge is -2.10. The Kier molecular flexibility index (Phi) is 5.65. The summed E-state index contributed by atoms with van der Waals surface area (Å²) in [6.45, 7) is 0.427. The van der Waals surface area contributed by atoms with Crippen molar-refractivity contribution in [1.29, 1.82) is 0 Å². The zero-order valence-electron chi connectivity index (χ0n) is 11.4. The molecule has 3 nitrogen and oxygen atoms in total. The highest BCUT2D eigenvalue weighted by atomic mass is 35.5. The lowest BCUT2D eigenvalue weighted by Crippen LogP contribution is -2.02. The van der Waals surface area contributed by atoms with Crippen molar-refractivity contribution in [2.75, 3.05) is 7.11 Å². The number of benzene rings is 2. The van der Waals surface area contributed by atoms with E-state index in [1.165, 1.54) is 0 Å². The van der Waals surface area contributed by atoms with Crippen molar-refractivity contribution in [3.8, 4) is 5.75 Å². The lowest BCUT2D eigenvalue weighted by atomic mass is 10.1. The Hall–Kier alpha value is -1.07. The zero-order valence-corrected chi connectivity index (χ0v) is 13.8. The SMILES string of the molecule is COc1ccc(CN)cc1CS(=O)c1ccc(Cl)c(Cl)c1. The van der Waals surface area contributed by atoms with Crippen LogP contribution in [0.5, 0.6) is 5.75 Å².